The maximum atomic E-state index is 13.4. The van der Waals surface area contributed by atoms with Crippen molar-refractivity contribution in [3.05, 3.63) is 59.3 Å². The van der Waals surface area contributed by atoms with Crippen molar-refractivity contribution in [3.63, 3.8) is 0 Å². The molecule has 0 bridgehead atoms. The van der Waals surface area contributed by atoms with Crippen LogP contribution in [0.25, 0.3) is 11.2 Å². The Bertz CT molecular complexity index is 782. The van der Waals surface area contributed by atoms with Crippen molar-refractivity contribution in [2.75, 3.05) is 5.88 Å². The number of hydrogen-bond acceptors (Lipinski definition) is 2. The average molecular weight is 304 g/mol. The van der Waals surface area contributed by atoms with E-state index in [1.54, 1.807) is 12.3 Å². The van der Waals surface area contributed by atoms with Gasteiger partial charge in [-0.05, 0) is 36.2 Å². The zero-order chi connectivity index (χ0) is 14.8. The van der Waals surface area contributed by atoms with Gasteiger partial charge >= 0.3 is 0 Å². The molecule has 3 nitrogen and oxygen atoms in total. The van der Waals surface area contributed by atoms with E-state index < -0.39 is 0 Å². The number of fused-ring (bicyclic) bond motifs is 1. The van der Waals surface area contributed by atoms with Gasteiger partial charge in [0.2, 0.25) is 0 Å². The maximum absolute atomic E-state index is 13.4. The Hall–Kier alpha value is -1.94. The molecule has 0 aliphatic rings. The summed E-state index contributed by atoms with van der Waals surface area (Å²) in [6.45, 7) is 2.55. The van der Waals surface area contributed by atoms with E-state index in [1.807, 2.05) is 23.6 Å². The lowest BCUT2D eigenvalue weighted by Crippen LogP contribution is -2.07. The molecule has 0 saturated carbocycles. The van der Waals surface area contributed by atoms with Crippen molar-refractivity contribution in [2.45, 2.75) is 19.9 Å². The molecule has 0 amide bonds. The van der Waals surface area contributed by atoms with Crippen LogP contribution in [-0.2, 0) is 13.0 Å². The quantitative estimate of drug-likeness (QED) is 0.688. The highest BCUT2D eigenvalue weighted by molar-refractivity contribution is 6.17. The third kappa shape index (κ3) is 2.76. The first-order valence-corrected chi connectivity index (χ1v) is 7.33. The molecule has 0 atom stereocenters. The SMILES string of the molecule is Cc1ccnc2c1nc(CCCl)n2Cc1cccc(F)c1. The van der Waals surface area contributed by atoms with Crippen LogP contribution in [0, 0.1) is 12.7 Å². The lowest BCUT2D eigenvalue weighted by Gasteiger charge is -2.08. The molecule has 3 aromatic rings. The monoisotopic (exact) mass is 303 g/mol. The lowest BCUT2D eigenvalue weighted by atomic mass is 10.2. The van der Waals surface area contributed by atoms with Crippen molar-refractivity contribution in [3.8, 4) is 0 Å². The predicted octanol–water partition coefficient (Wildman–Crippen LogP) is 3.71. The van der Waals surface area contributed by atoms with E-state index >= 15 is 0 Å². The smallest absolute Gasteiger partial charge is 0.160 e. The number of aryl methyl sites for hydroxylation is 2. The zero-order valence-corrected chi connectivity index (χ0v) is 12.4. The molecule has 21 heavy (non-hydrogen) atoms. The van der Waals surface area contributed by atoms with Gasteiger partial charge in [-0.3, -0.25) is 0 Å². The van der Waals surface area contributed by atoms with Crippen LogP contribution in [0.15, 0.2) is 36.5 Å². The van der Waals surface area contributed by atoms with Gasteiger partial charge in [0.25, 0.3) is 0 Å². The van der Waals surface area contributed by atoms with E-state index in [0.29, 0.717) is 18.8 Å². The first-order chi connectivity index (χ1) is 10.2. The minimum Gasteiger partial charge on any atom is -0.308 e. The molecule has 5 heteroatoms. The number of nitrogens with zero attached hydrogens (tertiary/aromatic N) is 3. The Balaban J connectivity index is 2.11. The number of imidazole rings is 1. The van der Waals surface area contributed by atoms with Crippen molar-refractivity contribution in [1.82, 2.24) is 14.5 Å². The van der Waals surface area contributed by atoms with Crippen molar-refractivity contribution in [1.29, 1.82) is 0 Å². The molecule has 0 spiro atoms. The summed E-state index contributed by atoms with van der Waals surface area (Å²) in [5.74, 6) is 1.14. The lowest BCUT2D eigenvalue weighted by molar-refractivity contribution is 0.623. The number of alkyl halides is 1. The summed E-state index contributed by atoms with van der Waals surface area (Å²) in [4.78, 5) is 9.07. The molecule has 0 aliphatic carbocycles. The summed E-state index contributed by atoms with van der Waals surface area (Å²) in [5.41, 5.74) is 3.66. The first-order valence-electron chi connectivity index (χ1n) is 6.80. The number of benzene rings is 1. The molecule has 1 aromatic carbocycles. The second-order valence-electron chi connectivity index (χ2n) is 4.98. The van der Waals surface area contributed by atoms with Gasteiger partial charge < -0.3 is 4.57 Å². The fourth-order valence-corrected chi connectivity index (χ4v) is 2.61. The minimum atomic E-state index is -0.236. The van der Waals surface area contributed by atoms with Crippen LogP contribution in [0.5, 0.6) is 0 Å². The summed E-state index contributed by atoms with van der Waals surface area (Å²) < 4.78 is 15.4. The Labute approximate surface area is 127 Å². The summed E-state index contributed by atoms with van der Waals surface area (Å²) in [6, 6.07) is 8.52. The van der Waals surface area contributed by atoms with Gasteiger partial charge in [0.05, 0.1) is 6.54 Å². The average Bonchev–Trinajstić information content (AvgIpc) is 2.79. The van der Waals surface area contributed by atoms with Crippen LogP contribution in [-0.4, -0.2) is 20.4 Å². The van der Waals surface area contributed by atoms with Gasteiger partial charge in [-0.15, -0.1) is 11.6 Å². The molecule has 0 fully saturated rings. The second-order valence-corrected chi connectivity index (χ2v) is 5.36. The standard InChI is InChI=1S/C16H15ClFN3/c1-11-6-8-19-16-15(11)20-14(5-7-17)21(16)10-12-3-2-4-13(18)9-12/h2-4,6,8-9H,5,7,10H2,1H3. The number of pyridine rings is 1. The molecule has 0 radical (unpaired) electrons. The van der Waals surface area contributed by atoms with Gasteiger partial charge in [-0.25, -0.2) is 14.4 Å². The molecule has 2 aromatic heterocycles. The van der Waals surface area contributed by atoms with Crippen molar-refractivity contribution in [2.24, 2.45) is 0 Å². The van der Waals surface area contributed by atoms with E-state index in [4.69, 9.17) is 11.6 Å². The Kier molecular flexibility index (Phi) is 3.88. The summed E-state index contributed by atoms with van der Waals surface area (Å²) in [7, 11) is 0. The molecular formula is C16H15ClFN3. The van der Waals surface area contributed by atoms with Crippen LogP contribution in [0.2, 0.25) is 0 Å². The predicted molar refractivity (Wildman–Crippen MR) is 82.2 cm³/mol. The van der Waals surface area contributed by atoms with Gasteiger partial charge in [-0.2, -0.15) is 0 Å². The van der Waals surface area contributed by atoms with E-state index in [9.17, 15) is 4.39 Å². The second kappa shape index (κ2) is 5.82. The molecular weight excluding hydrogens is 289 g/mol. The third-order valence-corrected chi connectivity index (χ3v) is 3.65. The normalized spacial score (nSPS) is 11.2. The number of hydrogen-bond donors (Lipinski definition) is 0. The van der Waals surface area contributed by atoms with E-state index in [2.05, 4.69) is 9.97 Å². The highest BCUT2D eigenvalue weighted by Crippen LogP contribution is 2.20. The Morgan fingerprint density at radius 3 is 2.90 bits per heavy atom. The van der Waals surface area contributed by atoms with Crippen LogP contribution in [0.1, 0.15) is 17.0 Å². The minimum absolute atomic E-state index is 0.236. The number of aromatic nitrogens is 3. The summed E-state index contributed by atoms with van der Waals surface area (Å²) in [5, 5.41) is 0. The molecule has 0 saturated heterocycles. The topological polar surface area (TPSA) is 30.7 Å². The van der Waals surface area contributed by atoms with Crippen LogP contribution < -0.4 is 0 Å². The summed E-state index contributed by atoms with van der Waals surface area (Å²) in [6.07, 6.45) is 2.43. The highest BCUT2D eigenvalue weighted by Gasteiger charge is 2.13. The van der Waals surface area contributed by atoms with Crippen LogP contribution >= 0.6 is 11.6 Å². The van der Waals surface area contributed by atoms with Gasteiger partial charge in [0.15, 0.2) is 5.65 Å². The molecule has 3 rings (SSSR count). The molecule has 2 heterocycles. The van der Waals surface area contributed by atoms with Gasteiger partial charge in [-0.1, -0.05) is 12.1 Å². The van der Waals surface area contributed by atoms with Gasteiger partial charge in [0, 0.05) is 18.5 Å². The van der Waals surface area contributed by atoms with E-state index in [1.165, 1.54) is 12.1 Å². The number of halogens is 2. The Morgan fingerprint density at radius 1 is 1.29 bits per heavy atom. The van der Waals surface area contributed by atoms with Crippen molar-refractivity contribution < 1.29 is 4.39 Å². The fourth-order valence-electron chi connectivity index (χ4n) is 2.44. The van der Waals surface area contributed by atoms with E-state index in [0.717, 1.165) is 28.1 Å². The van der Waals surface area contributed by atoms with Crippen LogP contribution in [0.4, 0.5) is 4.39 Å². The first kappa shape index (κ1) is 14.0. The third-order valence-electron chi connectivity index (χ3n) is 3.46. The Morgan fingerprint density at radius 2 is 2.14 bits per heavy atom. The van der Waals surface area contributed by atoms with Gasteiger partial charge in [0.1, 0.15) is 17.2 Å². The largest absolute Gasteiger partial charge is 0.308 e. The van der Waals surface area contributed by atoms with Crippen molar-refractivity contribution >= 4 is 22.8 Å². The fraction of sp³-hybridized carbons (Fsp3) is 0.250. The molecule has 108 valence electrons. The molecule has 0 aliphatic heterocycles. The number of rotatable bonds is 4. The molecule has 0 N–H and O–H groups in total. The molecule has 0 unspecified atom stereocenters. The van der Waals surface area contributed by atoms with E-state index in [-0.39, 0.29) is 5.82 Å². The summed E-state index contributed by atoms with van der Waals surface area (Å²) >= 11 is 5.87. The zero-order valence-electron chi connectivity index (χ0n) is 11.7. The maximum Gasteiger partial charge on any atom is 0.160 e. The highest BCUT2D eigenvalue weighted by atomic mass is 35.5. The van der Waals surface area contributed by atoms with Crippen LogP contribution in [0.3, 0.4) is 0 Å².